The van der Waals surface area contributed by atoms with Gasteiger partial charge in [-0.05, 0) is 18.7 Å². The topological polar surface area (TPSA) is 30.7 Å². The molecule has 0 aliphatic carbocycles. The van der Waals surface area contributed by atoms with Crippen molar-refractivity contribution in [1.82, 2.24) is 14.5 Å². The highest BCUT2D eigenvalue weighted by atomic mass is 35.5. The van der Waals surface area contributed by atoms with E-state index in [2.05, 4.69) is 27.7 Å². The molecule has 2 heterocycles. The van der Waals surface area contributed by atoms with Crippen LogP contribution >= 0.6 is 23.4 Å². The molecule has 3 nitrogen and oxygen atoms in total. The second kappa shape index (κ2) is 5.74. The van der Waals surface area contributed by atoms with Crippen molar-refractivity contribution in [1.29, 1.82) is 0 Å². The fraction of sp³-hybridized carbons (Fsp3) is 0.500. The number of aryl methyl sites for hydroxylation is 1. The number of hydrogen-bond donors (Lipinski definition) is 0. The molecule has 0 aliphatic heterocycles. The Balaban J connectivity index is 2.30. The van der Waals surface area contributed by atoms with Crippen molar-refractivity contribution in [3.63, 3.8) is 0 Å². The molecule has 0 aromatic carbocycles. The average molecular weight is 270 g/mol. The highest BCUT2D eigenvalue weighted by molar-refractivity contribution is 7.99. The Kier molecular flexibility index (Phi) is 4.29. The number of fused-ring (bicyclic) bond motifs is 1. The molecule has 1 unspecified atom stereocenters. The summed E-state index contributed by atoms with van der Waals surface area (Å²) in [6.07, 6.45) is 6.86. The molecule has 2 rings (SSSR count). The van der Waals surface area contributed by atoms with Crippen molar-refractivity contribution in [2.24, 2.45) is 0 Å². The number of hydrogen-bond acceptors (Lipinski definition) is 3. The summed E-state index contributed by atoms with van der Waals surface area (Å²) in [5.41, 5.74) is 2.06. The molecule has 0 aliphatic rings. The number of imidazole rings is 1. The molecular weight excluding hydrogens is 254 g/mol. The van der Waals surface area contributed by atoms with E-state index in [1.807, 2.05) is 17.8 Å². The number of rotatable bonds is 5. The smallest absolute Gasteiger partial charge is 0.124 e. The molecule has 0 fully saturated rings. The number of aromatic nitrogens is 3. The predicted molar refractivity (Wildman–Crippen MR) is 74.7 cm³/mol. The van der Waals surface area contributed by atoms with Gasteiger partial charge in [-0.25, -0.2) is 4.98 Å². The van der Waals surface area contributed by atoms with Gasteiger partial charge in [-0.3, -0.25) is 4.98 Å². The van der Waals surface area contributed by atoms with Crippen LogP contribution in [0.25, 0.3) is 11.0 Å². The minimum atomic E-state index is 0.447. The lowest BCUT2D eigenvalue weighted by molar-refractivity contribution is 0.636. The lowest BCUT2D eigenvalue weighted by atomic mass is 10.3. The fourth-order valence-corrected chi connectivity index (χ4v) is 2.36. The second-order valence-electron chi connectivity index (χ2n) is 4.01. The number of alkyl halides is 1. The molecule has 5 heteroatoms. The second-order valence-corrected chi connectivity index (χ2v) is 5.56. The van der Waals surface area contributed by atoms with Crippen LogP contribution in [0.3, 0.4) is 0 Å². The van der Waals surface area contributed by atoms with Crippen LogP contribution in [0.15, 0.2) is 18.5 Å². The fourth-order valence-electron chi connectivity index (χ4n) is 1.81. The van der Waals surface area contributed by atoms with Crippen molar-refractivity contribution >= 4 is 34.4 Å². The van der Waals surface area contributed by atoms with E-state index in [0.29, 0.717) is 11.1 Å². The van der Waals surface area contributed by atoms with E-state index in [0.717, 1.165) is 29.8 Å². The first-order valence-electron chi connectivity index (χ1n) is 5.64. The van der Waals surface area contributed by atoms with Crippen molar-refractivity contribution in [2.45, 2.75) is 31.0 Å². The Bertz CT molecular complexity index is 497. The summed E-state index contributed by atoms with van der Waals surface area (Å²) in [4.78, 5) is 8.59. The number of halogens is 1. The van der Waals surface area contributed by atoms with Crippen LogP contribution < -0.4 is 0 Å². The van der Waals surface area contributed by atoms with Crippen molar-refractivity contribution in [3.05, 3.63) is 24.3 Å². The molecule has 2 aromatic heterocycles. The van der Waals surface area contributed by atoms with Crippen LogP contribution in [-0.4, -0.2) is 26.0 Å². The average Bonchev–Trinajstić information content (AvgIpc) is 2.73. The van der Waals surface area contributed by atoms with E-state index in [-0.39, 0.29) is 0 Å². The Morgan fingerprint density at radius 3 is 3.06 bits per heavy atom. The molecule has 0 radical (unpaired) electrons. The summed E-state index contributed by atoms with van der Waals surface area (Å²) < 4.78 is 2.21. The van der Waals surface area contributed by atoms with Gasteiger partial charge in [0.2, 0.25) is 0 Å². The van der Waals surface area contributed by atoms with Crippen LogP contribution in [0.5, 0.6) is 0 Å². The number of nitrogens with zero attached hydrogens (tertiary/aromatic N) is 3. The maximum atomic E-state index is 5.94. The minimum absolute atomic E-state index is 0.447. The maximum absolute atomic E-state index is 5.94. The number of thioether (sulfide) groups is 1. The van der Waals surface area contributed by atoms with Gasteiger partial charge in [-0.1, -0.05) is 6.92 Å². The van der Waals surface area contributed by atoms with Crippen LogP contribution in [0.4, 0.5) is 0 Å². The van der Waals surface area contributed by atoms with Crippen molar-refractivity contribution in [2.75, 3.05) is 6.26 Å². The Morgan fingerprint density at radius 1 is 1.53 bits per heavy atom. The lowest BCUT2D eigenvalue weighted by Gasteiger charge is -2.11. The largest absolute Gasteiger partial charge is 0.327 e. The number of pyridine rings is 1. The monoisotopic (exact) mass is 269 g/mol. The van der Waals surface area contributed by atoms with Crippen LogP contribution in [0.1, 0.15) is 19.2 Å². The van der Waals surface area contributed by atoms with Gasteiger partial charge in [0.05, 0.1) is 17.6 Å². The molecule has 2 aromatic rings. The first kappa shape index (κ1) is 12.7. The molecular formula is C12H16ClN3S. The van der Waals surface area contributed by atoms with E-state index >= 15 is 0 Å². The molecule has 0 saturated heterocycles. The van der Waals surface area contributed by atoms with Crippen molar-refractivity contribution < 1.29 is 0 Å². The Hall–Kier alpha value is -0.740. The Labute approximate surface area is 111 Å². The molecule has 0 N–H and O–H groups in total. The third kappa shape index (κ3) is 2.75. The third-order valence-electron chi connectivity index (χ3n) is 2.91. The summed E-state index contributed by atoms with van der Waals surface area (Å²) in [5.74, 6) is 1.38. The zero-order chi connectivity index (χ0) is 12.3. The maximum Gasteiger partial charge on any atom is 0.124 e. The summed E-state index contributed by atoms with van der Waals surface area (Å²) in [6, 6.07) is 2.00. The van der Waals surface area contributed by atoms with Gasteiger partial charge < -0.3 is 4.57 Å². The first-order valence-corrected chi connectivity index (χ1v) is 7.46. The quantitative estimate of drug-likeness (QED) is 0.781. The summed E-state index contributed by atoms with van der Waals surface area (Å²) in [6.45, 7) is 3.20. The van der Waals surface area contributed by atoms with E-state index in [4.69, 9.17) is 11.6 Å². The zero-order valence-electron chi connectivity index (χ0n) is 10.1. The molecule has 0 saturated carbocycles. The highest BCUT2D eigenvalue weighted by Gasteiger charge is 2.10. The standard InChI is InChI=1S/C12H16ClN3S/c1-9(17-2)4-6-16-11-3-5-14-8-10(11)15-12(16)7-13/h3,5,8-9H,4,6-7H2,1-2H3. The van der Waals surface area contributed by atoms with Gasteiger partial charge in [0, 0.05) is 18.0 Å². The van der Waals surface area contributed by atoms with E-state index in [1.54, 1.807) is 12.4 Å². The zero-order valence-corrected chi connectivity index (χ0v) is 11.6. The first-order chi connectivity index (χ1) is 8.26. The van der Waals surface area contributed by atoms with Gasteiger partial charge in [-0.15, -0.1) is 11.6 Å². The minimum Gasteiger partial charge on any atom is -0.327 e. The molecule has 1 atom stereocenters. The summed E-state index contributed by atoms with van der Waals surface area (Å²) in [7, 11) is 0. The molecule has 17 heavy (non-hydrogen) atoms. The molecule has 0 spiro atoms. The summed E-state index contributed by atoms with van der Waals surface area (Å²) in [5, 5.41) is 0.650. The van der Waals surface area contributed by atoms with Gasteiger partial charge in [-0.2, -0.15) is 11.8 Å². The highest BCUT2D eigenvalue weighted by Crippen LogP contribution is 2.19. The van der Waals surface area contributed by atoms with Gasteiger partial charge in [0.1, 0.15) is 11.3 Å². The van der Waals surface area contributed by atoms with Gasteiger partial charge in [0.15, 0.2) is 0 Å². The van der Waals surface area contributed by atoms with Crippen molar-refractivity contribution in [3.8, 4) is 0 Å². The molecule has 0 amide bonds. The third-order valence-corrected chi connectivity index (χ3v) is 4.19. The van der Waals surface area contributed by atoms with Gasteiger partial charge >= 0.3 is 0 Å². The summed E-state index contributed by atoms with van der Waals surface area (Å²) >= 11 is 7.83. The Morgan fingerprint density at radius 2 is 2.35 bits per heavy atom. The van der Waals surface area contributed by atoms with Crippen LogP contribution in [0, 0.1) is 0 Å². The predicted octanol–water partition coefficient (Wildman–Crippen LogP) is 3.31. The van der Waals surface area contributed by atoms with E-state index in [1.165, 1.54) is 0 Å². The van der Waals surface area contributed by atoms with Gasteiger partial charge in [0.25, 0.3) is 0 Å². The van der Waals surface area contributed by atoms with Crippen LogP contribution in [0.2, 0.25) is 0 Å². The molecule has 92 valence electrons. The van der Waals surface area contributed by atoms with E-state index in [9.17, 15) is 0 Å². The lowest BCUT2D eigenvalue weighted by Crippen LogP contribution is -2.07. The molecule has 0 bridgehead atoms. The van der Waals surface area contributed by atoms with E-state index < -0.39 is 0 Å². The van der Waals surface area contributed by atoms with Crippen LogP contribution in [-0.2, 0) is 12.4 Å². The normalized spacial score (nSPS) is 13.1. The SMILES string of the molecule is CSC(C)CCn1c(CCl)nc2cnccc21.